The number of carbonyl (C=O) groups excluding carboxylic acids is 2. The molecule has 1 N–H and O–H groups in total. The molecule has 0 bridgehead atoms. The van der Waals surface area contributed by atoms with Gasteiger partial charge in [-0.25, -0.2) is 0 Å². The summed E-state index contributed by atoms with van der Waals surface area (Å²) in [5, 5.41) is 11.6. The van der Waals surface area contributed by atoms with Gasteiger partial charge in [0.05, 0.1) is 43.0 Å². The third kappa shape index (κ3) is 4.99. The Morgan fingerprint density at radius 2 is 1.79 bits per heavy atom. The van der Waals surface area contributed by atoms with Crippen LogP contribution in [0.25, 0.3) is 5.76 Å². The van der Waals surface area contributed by atoms with Crippen LogP contribution in [0.1, 0.15) is 50.3 Å². The van der Waals surface area contributed by atoms with E-state index in [4.69, 9.17) is 25.8 Å². The summed E-state index contributed by atoms with van der Waals surface area (Å²) in [4.78, 5) is 27.8. The number of halogens is 1. The number of benzene rings is 2. The molecule has 1 unspecified atom stereocenters. The SMILES string of the molecule is CCCCCN1C(=O)C(=O)/C(=C(/O)c2cc(Cl)c(OC)cc2OC)C1c1cccc(OCC)c1. The number of nitrogens with zero attached hydrogens (tertiary/aromatic N) is 1. The molecular weight excluding hydrogens is 458 g/mol. The number of ether oxygens (including phenoxy) is 3. The lowest BCUT2D eigenvalue weighted by atomic mass is 9.94. The zero-order valence-electron chi connectivity index (χ0n) is 19.9. The molecule has 1 aliphatic heterocycles. The van der Waals surface area contributed by atoms with Gasteiger partial charge in [0.1, 0.15) is 23.0 Å². The Morgan fingerprint density at radius 1 is 1.06 bits per heavy atom. The van der Waals surface area contributed by atoms with Gasteiger partial charge in [-0.1, -0.05) is 43.5 Å². The van der Waals surface area contributed by atoms with Crippen molar-refractivity contribution in [1.82, 2.24) is 4.90 Å². The Morgan fingerprint density at radius 3 is 2.44 bits per heavy atom. The third-order valence-electron chi connectivity index (χ3n) is 5.76. The fourth-order valence-electron chi connectivity index (χ4n) is 4.12. The average Bonchev–Trinajstić information content (AvgIpc) is 3.09. The van der Waals surface area contributed by atoms with E-state index in [1.54, 1.807) is 12.1 Å². The second kappa shape index (κ2) is 11.3. The van der Waals surface area contributed by atoms with Crippen molar-refractivity contribution in [3.8, 4) is 17.2 Å². The average molecular weight is 488 g/mol. The molecule has 1 heterocycles. The number of likely N-dealkylation sites (tertiary alicyclic amines) is 1. The summed E-state index contributed by atoms with van der Waals surface area (Å²) >= 11 is 6.30. The first-order valence-corrected chi connectivity index (χ1v) is 11.7. The van der Waals surface area contributed by atoms with Crippen LogP contribution in [0.3, 0.4) is 0 Å². The number of aliphatic hydroxyl groups is 1. The summed E-state index contributed by atoms with van der Waals surface area (Å²) in [5.41, 5.74) is 0.849. The monoisotopic (exact) mass is 487 g/mol. The summed E-state index contributed by atoms with van der Waals surface area (Å²) in [6, 6.07) is 9.43. The van der Waals surface area contributed by atoms with Crippen molar-refractivity contribution in [1.29, 1.82) is 0 Å². The first-order chi connectivity index (χ1) is 16.4. The summed E-state index contributed by atoms with van der Waals surface area (Å²) in [7, 11) is 2.90. The van der Waals surface area contributed by atoms with E-state index in [1.165, 1.54) is 31.3 Å². The van der Waals surface area contributed by atoms with Gasteiger partial charge in [0.25, 0.3) is 11.7 Å². The molecule has 2 aromatic rings. The van der Waals surface area contributed by atoms with Crippen LogP contribution in [-0.2, 0) is 9.59 Å². The Balaban J connectivity index is 2.21. The van der Waals surface area contributed by atoms with E-state index < -0.39 is 17.7 Å². The third-order valence-corrected chi connectivity index (χ3v) is 6.05. The number of Topliss-reactive ketones (excluding diaryl/α,β-unsaturated/α-hetero) is 1. The van der Waals surface area contributed by atoms with Gasteiger partial charge in [-0.05, 0) is 37.1 Å². The molecule has 0 radical (unpaired) electrons. The minimum absolute atomic E-state index is 0.0188. The van der Waals surface area contributed by atoms with Crippen LogP contribution < -0.4 is 14.2 Å². The number of carbonyl (C=O) groups is 2. The number of rotatable bonds is 10. The van der Waals surface area contributed by atoms with Crippen LogP contribution >= 0.6 is 11.6 Å². The summed E-state index contributed by atoms with van der Waals surface area (Å²) in [5.74, 6) is -0.527. The second-order valence-electron chi connectivity index (χ2n) is 7.89. The van der Waals surface area contributed by atoms with Gasteiger partial charge in [0, 0.05) is 12.6 Å². The molecule has 1 fully saturated rings. The van der Waals surface area contributed by atoms with Crippen molar-refractivity contribution in [3.63, 3.8) is 0 Å². The van der Waals surface area contributed by atoms with Crippen molar-refractivity contribution in [2.75, 3.05) is 27.4 Å². The molecule has 3 rings (SSSR count). The van der Waals surface area contributed by atoms with Gasteiger partial charge in [-0.2, -0.15) is 0 Å². The molecule has 1 amide bonds. The van der Waals surface area contributed by atoms with Crippen molar-refractivity contribution < 1.29 is 28.9 Å². The van der Waals surface area contributed by atoms with Crippen molar-refractivity contribution in [3.05, 3.63) is 58.1 Å². The molecule has 0 aromatic heterocycles. The van der Waals surface area contributed by atoms with Crippen LogP contribution in [0, 0.1) is 0 Å². The van der Waals surface area contributed by atoms with Gasteiger partial charge >= 0.3 is 0 Å². The highest BCUT2D eigenvalue weighted by Crippen LogP contribution is 2.43. The van der Waals surface area contributed by atoms with Gasteiger partial charge < -0.3 is 24.2 Å². The number of aliphatic hydroxyl groups excluding tert-OH is 1. The Labute approximate surface area is 204 Å². The van der Waals surface area contributed by atoms with Crippen LogP contribution in [0.2, 0.25) is 5.02 Å². The largest absolute Gasteiger partial charge is 0.507 e. The molecule has 8 heteroatoms. The highest BCUT2D eigenvalue weighted by atomic mass is 35.5. The summed E-state index contributed by atoms with van der Waals surface area (Å²) in [6.45, 7) is 4.81. The van der Waals surface area contributed by atoms with E-state index >= 15 is 0 Å². The second-order valence-corrected chi connectivity index (χ2v) is 8.30. The molecule has 34 heavy (non-hydrogen) atoms. The number of amides is 1. The molecule has 2 aromatic carbocycles. The standard InChI is InChI=1S/C26H30ClNO6/c1-5-7-8-12-28-23(16-10-9-11-17(13-16)34-6-2)22(25(30)26(28)31)24(29)18-14-19(27)21(33-4)15-20(18)32-3/h9-11,13-15,23,29H,5-8,12H2,1-4H3/b24-22+. The maximum Gasteiger partial charge on any atom is 0.295 e. The molecule has 1 atom stereocenters. The molecule has 0 spiro atoms. The number of unbranched alkanes of at least 4 members (excludes halogenated alkanes) is 2. The van der Waals surface area contributed by atoms with E-state index in [-0.39, 0.29) is 27.7 Å². The fourth-order valence-corrected chi connectivity index (χ4v) is 4.36. The van der Waals surface area contributed by atoms with Gasteiger partial charge in [-0.3, -0.25) is 9.59 Å². The number of hydrogen-bond donors (Lipinski definition) is 1. The molecular formula is C26H30ClNO6. The number of ketones is 1. The predicted octanol–water partition coefficient (Wildman–Crippen LogP) is 5.37. The zero-order chi connectivity index (χ0) is 24.8. The van der Waals surface area contributed by atoms with E-state index in [0.717, 1.165) is 19.3 Å². The minimum atomic E-state index is -0.775. The normalized spacial score (nSPS) is 17.2. The van der Waals surface area contributed by atoms with E-state index in [2.05, 4.69) is 6.92 Å². The van der Waals surface area contributed by atoms with E-state index in [0.29, 0.717) is 30.2 Å². The fraction of sp³-hybridized carbons (Fsp3) is 0.385. The Bertz CT molecular complexity index is 1100. The lowest BCUT2D eigenvalue weighted by Gasteiger charge is -2.26. The maximum absolute atomic E-state index is 13.2. The van der Waals surface area contributed by atoms with Crippen molar-refractivity contribution in [2.24, 2.45) is 0 Å². The minimum Gasteiger partial charge on any atom is -0.507 e. The Kier molecular flexibility index (Phi) is 8.45. The predicted molar refractivity (Wildman–Crippen MR) is 131 cm³/mol. The zero-order valence-corrected chi connectivity index (χ0v) is 20.6. The van der Waals surface area contributed by atoms with E-state index in [1.807, 2.05) is 19.1 Å². The molecule has 7 nitrogen and oxygen atoms in total. The lowest BCUT2D eigenvalue weighted by Crippen LogP contribution is -2.30. The molecule has 0 saturated carbocycles. The van der Waals surface area contributed by atoms with Crippen molar-refractivity contribution >= 4 is 29.1 Å². The van der Waals surface area contributed by atoms with E-state index in [9.17, 15) is 14.7 Å². The Hall–Kier alpha value is -3.19. The van der Waals surface area contributed by atoms with Gasteiger partial charge in [0.2, 0.25) is 0 Å². The topological polar surface area (TPSA) is 85.3 Å². The number of hydrogen-bond acceptors (Lipinski definition) is 6. The lowest BCUT2D eigenvalue weighted by molar-refractivity contribution is -0.139. The first-order valence-electron chi connectivity index (χ1n) is 11.3. The highest BCUT2D eigenvalue weighted by Gasteiger charge is 2.46. The van der Waals surface area contributed by atoms with Crippen molar-refractivity contribution in [2.45, 2.75) is 39.2 Å². The molecule has 1 aliphatic rings. The van der Waals surface area contributed by atoms with Crippen LogP contribution in [0.4, 0.5) is 0 Å². The molecule has 1 saturated heterocycles. The summed E-state index contributed by atoms with van der Waals surface area (Å²) < 4.78 is 16.3. The highest BCUT2D eigenvalue weighted by molar-refractivity contribution is 6.46. The molecule has 0 aliphatic carbocycles. The van der Waals surface area contributed by atoms with Gasteiger partial charge in [0.15, 0.2) is 0 Å². The maximum atomic E-state index is 13.2. The molecule has 182 valence electrons. The van der Waals surface area contributed by atoms with Crippen LogP contribution in [-0.4, -0.2) is 49.1 Å². The summed E-state index contributed by atoms with van der Waals surface area (Å²) in [6.07, 6.45) is 2.62. The van der Waals surface area contributed by atoms with Crippen LogP contribution in [0.15, 0.2) is 42.0 Å². The van der Waals surface area contributed by atoms with Gasteiger partial charge in [-0.15, -0.1) is 0 Å². The number of methoxy groups -OCH3 is 2. The quantitative estimate of drug-likeness (QED) is 0.210. The first kappa shape index (κ1) is 25.4. The van der Waals surface area contributed by atoms with Crippen LogP contribution in [0.5, 0.6) is 17.2 Å². The smallest absolute Gasteiger partial charge is 0.295 e.